The number of carbonyl (C=O) groups is 1. The van der Waals surface area contributed by atoms with E-state index in [-0.39, 0.29) is 10.7 Å². The van der Waals surface area contributed by atoms with Gasteiger partial charge >= 0.3 is 6.09 Å². The highest BCUT2D eigenvalue weighted by molar-refractivity contribution is 6.31. The van der Waals surface area contributed by atoms with Crippen LogP contribution in [-0.2, 0) is 4.74 Å². The summed E-state index contributed by atoms with van der Waals surface area (Å²) in [5, 5.41) is 12.9. The molecule has 0 aliphatic carbocycles. The van der Waals surface area contributed by atoms with Crippen LogP contribution in [0, 0.1) is 15.9 Å². The van der Waals surface area contributed by atoms with Crippen LogP contribution in [-0.4, -0.2) is 11.0 Å². The summed E-state index contributed by atoms with van der Waals surface area (Å²) >= 11 is 5.83. The second-order valence-electron chi connectivity index (χ2n) is 4.62. The molecule has 1 N–H and O–H groups in total. The number of halogens is 2. The minimum absolute atomic E-state index is 0.0937. The van der Waals surface area contributed by atoms with E-state index in [0.717, 1.165) is 0 Å². The second kappa shape index (κ2) is 7.06. The normalized spacial score (nSPS) is 11.6. The fourth-order valence-electron chi connectivity index (χ4n) is 1.87. The molecule has 1 amide bonds. The highest BCUT2D eigenvalue weighted by atomic mass is 35.5. The number of nitro benzene ring substituents is 1. The molecule has 0 saturated carbocycles. The smallest absolute Gasteiger partial charge is 0.412 e. The monoisotopic (exact) mass is 338 g/mol. The van der Waals surface area contributed by atoms with Gasteiger partial charge in [-0.2, -0.15) is 0 Å². The van der Waals surface area contributed by atoms with E-state index in [2.05, 4.69) is 5.32 Å². The van der Waals surface area contributed by atoms with Crippen molar-refractivity contribution in [1.82, 2.24) is 0 Å². The number of hydrogen-bond acceptors (Lipinski definition) is 4. The predicted octanol–water partition coefficient (Wildman–Crippen LogP) is 4.70. The van der Waals surface area contributed by atoms with E-state index in [9.17, 15) is 19.3 Å². The number of rotatable bonds is 4. The Morgan fingerprint density at radius 3 is 2.57 bits per heavy atom. The first kappa shape index (κ1) is 16.7. The van der Waals surface area contributed by atoms with E-state index in [1.807, 2.05) is 0 Å². The van der Waals surface area contributed by atoms with E-state index in [0.29, 0.717) is 11.3 Å². The molecule has 0 saturated heterocycles. The summed E-state index contributed by atoms with van der Waals surface area (Å²) in [4.78, 5) is 21.8. The van der Waals surface area contributed by atoms with Gasteiger partial charge in [-0.25, -0.2) is 9.18 Å². The van der Waals surface area contributed by atoms with Gasteiger partial charge in [0.1, 0.15) is 11.9 Å². The third-order valence-corrected chi connectivity index (χ3v) is 3.43. The summed E-state index contributed by atoms with van der Waals surface area (Å²) in [5.74, 6) is -0.601. The summed E-state index contributed by atoms with van der Waals surface area (Å²) in [6.45, 7) is 1.55. The first-order valence-corrected chi connectivity index (χ1v) is 6.92. The van der Waals surface area contributed by atoms with Crippen molar-refractivity contribution in [3.63, 3.8) is 0 Å². The number of carbonyl (C=O) groups excluding carboxylic acids is 1. The molecule has 2 aromatic rings. The maximum atomic E-state index is 13.4. The first-order valence-electron chi connectivity index (χ1n) is 6.54. The van der Waals surface area contributed by atoms with Gasteiger partial charge in [-0.1, -0.05) is 23.7 Å². The molecule has 6 nitrogen and oxygen atoms in total. The zero-order valence-corrected chi connectivity index (χ0v) is 12.7. The molecule has 120 valence electrons. The van der Waals surface area contributed by atoms with E-state index in [4.69, 9.17) is 16.3 Å². The molecular formula is C15H12ClFN2O4. The van der Waals surface area contributed by atoms with Crippen molar-refractivity contribution in [1.29, 1.82) is 0 Å². The molecule has 0 heterocycles. The number of non-ortho nitro benzene ring substituents is 1. The third-order valence-electron chi connectivity index (χ3n) is 3.03. The van der Waals surface area contributed by atoms with Crippen LogP contribution in [0.15, 0.2) is 42.5 Å². The summed E-state index contributed by atoms with van der Waals surface area (Å²) in [6, 6.07) is 9.47. The average Bonchev–Trinajstić information content (AvgIpc) is 2.50. The number of nitro groups is 1. The van der Waals surface area contributed by atoms with Crippen LogP contribution in [0.5, 0.6) is 0 Å². The molecule has 8 heteroatoms. The molecule has 2 rings (SSSR count). The number of nitrogens with one attached hydrogen (secondary N) is 1. The molecule has 2 aromatic carbocycles. The molecule has 0 spiro atoms. The molecular weight excluding hydrogens is 327 g/mol. The number of anilines is 1. The van der Waals surface area contributed by atoms with Gasteiger partial charge < -0.3 is 4.74 Å². The number of ether oxygens (including phenoxy) is 1. The summed E-state index contributed by atoms with van der Waals surface area (Å²) in [5.41, 5.74) is 0.576. The quantitative estimate of drug-likeness (QED) is 0.647. The van der Waals surface area contributed by atoms with Crippen molar-refractivity contribution >= 4 is 29.1 Å². The van der Waals surface area contributed by atoms with Crippen molar-refractivity contribution in [2.45, 2.75) is 13.0 Å². The lowest BCUT2D eigenvalue weighted by Crippen LogP contribution is -2.16. The van der Waals surface area contributed by atoms with E-state index < -0.39 is 22.9 Å². The SMILES string of the molecule is CC(OC(=O)Nc1ccc([N+](=O)[O-])cc1)c1cccc(F)c1Cl. The Kier molecular flexibility index (Phi) is 5.13. The number of nitrogens with zero attached hydrogens (tertiary/aromatic N) is 1. The van der Waals surface area contributed by atoms with Gasteiger partial charge in [0.05, 0.1) is 9.95 Å². The predicted molar refractivity (Wildman–Crippen MR) is 83.0 cm³/mol. The molecule has 0 bridgehead atoms. The van der Waals surface area contributed by atoms with Gasteiger partial charge in [-0.3, -0.25) is 15.4 Å². The molecule has 1 atom stereocenters. The first-order chi connectivity index (χ1) is 10.9. The largest absolute Gasteiger partial charge is 0.441 e. The van der Waals surface area contributed by atoms with Crippen molar-refractivity contribution < 1.29 is 18.8 Å². The van der Waals surface area contributed by atoms with Crippen LogP contribution in [0.1, 0.15) is 18.6 Å². The van der Waals surface area contributed by atoms with Crippen molar-refractivity contribution in [2.75, 3.05) is 5.32 Å². The standard InChI is InChI=1S/C15H12ClFN2O4/c1-9(12-3-2-4-13(17)14(12)16)23-15(20)18-10-5-7-11(8-6-10)19(21)22/h2-9H,1H3,(H,18,20). The number of amides is 1. The van der Waals surface area contributed by atoms with Gasteiger partial charge in [-0.15, -0.1) is 0 Å². The lowest BCUT2D eigenvalue weighted by Gasteiger charge is -2.15. The van der Waals surface area contributed by atoms with Crippen LogP contribution in [0.4, 0.5) is 20.6 Å². The fraction of sp³-hybridized carbons (Fsp3) is 0.133. The Hall–Kier alpha value is -2.67. The van der Waals surface area contributed by atoms with Gasteiger partial charge in [0.15, 0.2) is 0 Å². The lowest BCUT2D eigenvalue weighted by molar-refractivity contribution is -0.384. The third kappa shape index (κ3) is 4.17. The topological polar surface area (TPSA) is 81.5 Å². The summed E-state index contributed by atoms with van der Waals surface area (Å²) < 4.78 is 18.5. The van der Waals surface area contributed by atoms with Crippen LogP contribution < -0.4 is 5.32 Å². The van der Waals surface area contributed by atoms with E-state index in [1.54, 1.807) is 13.0 Å². The Labute approximate surface area is 136 Å². The average molecular weight is 339 g/mol. The van der Waals surface area contributed by atoms with Crippen LogP contribution in [0.2, 0.25) is 5.02 Å². The van der Waals surface area contributed by atoms with Crippen LogP contribution >= 0.6 is 11.6 Å². The number of benzene rings is 2. The van der Waals surface area contributed by atoms with Gasteiger partial charge in [0.25, 0.3) is 5.69 Å². The van der Waals surface area contributed by atoms with Crippen molar-refractivity contribution in [2.24, 2.45) is 0 Å². The van der Waals surface area contributed by atoms with Crippen LogP contribution in [0.3, 0.4) is 0 Å². The van der Waals surface area contributed by atoms with Gasteiger partial charge in [0.2, 0.25) is 0 Å². The van der Waals surface area contributed by atoms with E-state index in [1.165, 1.54) is 36.4 Å². The highest BCUT2D eigenvalue weighted by Crippen LogP contribution is 2.28. The maximum Gasteiger partial charge on any atom is 0.412 e. The molecule has 0 radical (unpaired) electrons. The molecule has 0 aliphatic heterocycles. The van der Waals surface area contributed by atoms with Gasteiger partial charge in [-0.05, 0) is 25.1 Å². The Bertz CT molecular complexity index is 737. The Balaban J connectivity index is 2.01. The minimum atomic E-state index is -0.785. The zero-order valence-electron chi connectivity index (χ0n) is 12.0. The minimum Gasteiger partial charge on any atom is -0.441 e. The second-order valence-corrected chi connectivity index (χ2v) is 5.00. The zero-order chi connectivity index (χ0) is 17.0. The van der Waals surface area contributed by atoms with Crippen LogP contribution in [0.25, 0.3) is 0 Å². The fourth-order valence-corrected chi connectivity index (χ4v) is 2.15. The summed E-state index contributed by atoms with van der Waals surface area (Å²) in [6.07, 6.45) is -1.55. The highest BCUT2D eigenvalue weighted by Gasteiger charge is 2.17. The summed E-state index contributed by atoms with van der Waals surface area (Å²) in [7, 11) is 0. The molecule has 23 heavy (non-hydrogen) atoms. The van der Waals surface area contributed by atoms with E-state index >= 15 is 0 Å². The molecule has 1 unspecified atom stereocenters. The lowest BCUT2D eigenvalue weighted by atomic mass is 10.1. The number of hydrogen-bond donors (Lipinski definition) is 1. The molecule has 0 aliphatic rings. The Morgan fingerprint density at radius 1 is 1.30 bits per heavy atom. The molecule has 0 fully saturated rings. The van der Waals surface area contributed by atoms with Crippen molar-refractivity contribution in [3.8, 4) is 0 Å². The maximum absolute atomic E-state index is 13.4. The van der Waals surface area contributed by atoms with Gasteiger partial charge in [0, 0.05) is 23.4 Å². The Morgan fingerprint density at radius 2 is 1.96 bits per heavy atom. The van der Waals surface area contributed by atoms with Crippen molar-refractivity contribution in [3.05, 3.63) is 69.0 Å². The molecule has 0 aromatic heterocycles.